The van der Waals surface area contributed by atoms with Gasteiger partial charge in [0.1, 0.15) is 11.6 Å². The van der Waals surface area contributed by atoms with E-state index in [-0.39, 0.29) is 12.1 Å². The second-order valence-corrected chi connectivity index (χ2v) is 5.67. The largest absolute Gasteiger partial charge is 0.496 e. The smallest absolute Gasteiger partial charge is 0.317 e. The number of ether oxygens (including phenoxy) is 1. The first-order chi connectivity index (χ1) is 10.8. The Hall–Kier alpha value is -2.50. The molecule has 4 rings (SSSR count). The average molecular weight is 298 g/mol. The van der Waals surface area contributed by atoms with E-state index in [2.05, 4.69) is 21.3 Å². The zero-order valence-corrected chi connectivity index (χ0v) is 12.5. The number of fused-ring (bicyclic) bond motifs is 2. The molecule has 1 N–H and O–H groups in total. The number of carbonyl (C=O) groups is 1. The molecule has 1 aromatic carbocycles. The highest BCUT2D eigenvalue weighted by Gasteiger charge is 2.36. The van der Waals surface area contributed by atoms with Gasteiger partial charge in [0.05, 0.1) is 13.2 Å². The van der Waals surface area contributed by atoms with Crippen molar-refractivity contribution in [3.05, 3.63) is 30.5 Å². The highest BCUT2D eigenvalue weighted by atomic mass is 16.5. The maximum Gasteiger partial charge on any atom is 0.317 e. The molecule has 114 valence electrons. The normalized spacial score (nSPS) is 21.0. The molecule has 3 heterocycles. The molecule has 0 radical (unpaired) electrons. The third kappa shape index (κ3) is 1.94. The Morgan fingerprint density at radius 3 is 3.05 bits per heavy atom. The van der Waals surface area contributed by atoms with Gasteiger partial charge in [-0.2, -0.15) is 0 Å². The lowest BCUT2D eigenvalue weighted by molar-refractivity contribution is 0.197. The number of hydrogen-bond donors (Lipinski definition) is 1. The van der Waals surface area contributed by atoms with Gasteiger partial charge in [0.2, 0.25) is 0 Å². The number of hydrogen-bond acceptors (Lipinski definition) is 4. The second kappa shape index (κ2) is 5.05. The first-order valence-corrected chi connectivity index (χ1v) is 7.49. The number of benzene rings is 1. The van der Waals surface area contributed by atoms with E-state index < -0.39 is 0 Å². The molecule has 2 saturated heterocycles. The summed E-state index contributed by atoms with van der Waals surface area (Å²) in [7, 11) is 1.68. The van der Waals surface area contributed by atoms with E-state index in [1.807, 2.05) is 29.3 Å². The van der Waals surface area contributed by atoms with Crippen LogP contribution < -0.4 is 15.0 Å². The van der Waals surface area contributed by atoms with Gasteiger partial charge in [0, 0.05) is 43.1 Å². The number of nitrogens with one attached hydrogen (secondary N) is 1. The topological polar surface area (TPSA) is 57.7 Å². The number of methoxy groups -OCH3 is 1. The number of pyridine rings is 1. The fourth-order valence-electron chi connectivity index (χ4n) is 3.39. The second-order valence-electron chi connectivity index (χ2n) is 5.67. The summed E-state index contributed by atoms with van der Waals surface area (Å²) in [4.78, 5) is 20.5. The number of nitrogens with zero attached hydrogens (tertiary/aromatic N) is 3. The molecule has 1 unspecified atom stereocenters. The van der Waals surface area contributed by atoms with E-state index >= 15 is 0 Å². The Kier molecular flexibility index (Phi) is 3.03. The fourth-order valence-corrected chi connectivity index (χ4v) is 3.39. The average Bonchev–Trinajstić information content (AvgIpc) is 2.94. The third-order valence-electron chi connectivity index (χ3n) is 4.50. The number of piperazine rings is 1. The van der Waals surface area contributed by atoms with Gasteiger partial charge in [0.25, 0.3) is 0 Å². The maximum absolute atomic E-state index is 11.7. The SMILES string of the molecule is COc1cccc2c(N3CCN4C(=O)NCC4C3)nccc12. The molecule has 0 saturated carbocycles. The van der Waals surface area contributed by atoms with E-state index in [0.717, 1.165) is 42.0 Å². The lowest BCUT2D eigenvalue weighted by Gasteiger charge is -2.37. The van der Waals surface area contributed by atoms with Gasteiger partial charge in [-0.25, -0.2) is 9.78 Å². The molecule has 0 aliphatic carbocycles. The van der Waals surface area contributed by atoms with Crippen LogP contribution in [0.3, 0.4) is 0 Å². The van der Waals surface area contributed by atoms with Crippen LogP contribution in [0.2, 0.25) is 0 Å². The Balaban J connectivity index is 1.71. The summed E-state index contributed by atoms with van der Waals surface area (Å²) in [6.07, 6.45) is 1.82. The standard InChI is InChI=1S/C16H18N4O2/c1-22-14-4-2-3-13-12(14)5-6-17-15(13)19-7-8-20-11(10-19)9-18-16(20)21/h2-6,11H,7-10H2,1H3,(H,18,21). The first kappa shape index (κ1) is 13.2. The van der Waals surface area contributed by atoms with Crippen molar-refractivity contribution in [3.8, 4) is 5.75 Å². The van der Waals surface area contributed by atoms with Gasteiger partial charge in [-0.15, -0.1) is 0 Å². The van der Waals surface area contributed by atoms with Crippen molar-refractivity contribution >= 4 is 22.6 Å². The molecule has 22 heavy (non-hydrogen) atoms. The molecule has 2 aromatic rings. The van der Waals surface area contributed by atoms with Gasteiger partial charge in [-0.05, 0) is 12.1 Å². The molecule has 2 amide bonds. The Bertz CT molecular complexity index is 733. The molecular weight excluding hydrogens is 280 g/mol. The van der Waals surface area contributed by atoms with Crippen molar-refractivity contribution < 1.29 is 9.53 Å². The lowest BCUT2D eigenvalue weighted by atomic mass is 10.1. The molecule has 2 aliphatic rings. The Morgan fingerprint density at radius 2 is 2.18 bits per heavy atom. The first-order valence-electron chi connectivity index (χ1n) is 7.49. The minimum atomic E-state index is 0.0530. The molecular formula is C16H18N4O2. The van der Waals surface area contributed by atoms with Crippen LogP contribution in [0.15, 0.2) is 30.5 Å². The van der Waals surface area contributed by atoms with Crippen molar-refractivity contribution in [3.63, 3.8) is 0 Å². The van der Waals surface area contributed by atoms with Gasteiger partial charge >= 0.3 is 6.03 Å². The van der Waals surface area contributed by atoms with Crippen molar-refractivity contribution in [2.24, 2.45) is 0 Å². The van der Waals surface area contributed by atoms with Crippen molar-refractivity contribution in [2.45, 2.75) is 6.04 Å². The molecule has 0 spiro atoms. The highest BCUT2D eigenvalue weighted by molar-refractivity contribution is 5.96. The predicted octanol–water partition coefficient (Wildman–Crippen LogP) is 1.46. The molecule has 1 aromatic heterocycles. The monoisotopic (exact) mass is 298 g/mol. The van der Waals surface area contributed by atoms with Crippen LogP contribution in [0.4, 0.5) is 10.6 Å². The number of amides is 2. The molecule has 6 heteroatoms. The molecule has 2 aliphatic heterocycles. The summed E-state index contributed by atoms with van der Waals surface area (Å²) in [5.41, 5.74) is 0. The van der Waals surface area contributed by atoms with Crippen molar-refractivity contribution in [2.75, 3.05) is 38.2 Å². The molecule has 0 bridgehead atoms. The summed E-state index contributed by atoms with van der Waals surface area (Å²) in [5.74, 6) is 1.83. The quantitative estimate of drug-likeness (QED) is 0.912. The molecule has 2 fully saturated rings. The summed E-state index contributed by atoms with van der Waals surface area (Å²) in [6, 6.07) is 8.28. The molecule has 6 nitrogen and oxygen atoms in total. The van der Waals surface area contributed by atoms with Gasteiger partial charge in [0.15, 0.2) is 0 Å². The minimum absolute atomic E-state index is 0.0530. The Morgan fingerprint density at radius 1 is 1.27 bits per heavy atom. The van der Waals surface area contributed by atoms with E-state index in [1.54, 1.807) is 7.11 Å². The zero-order valence-electron chi connectivity index (χ0n) is 12.5. The van der Waals surface area contributed by atoms with Gasteiger partial charge < -0.3 is 19.9 Å². The number of carbonyl (C=O) groups excluding carboxylic acids is 1. The van der Waals surface area contributed by atoms with E-state index in [9.17, 15) is 4.79 Å². The van der Waals surface area contributed by atoms with Crippen LogP contribution in [0.25, 0.3) is 10.8 Å². The predicted molar refractivity (Wildman–Crippen MR) is 84.4 cm³/mol. The van der Waals surface area contributed by atoms with Gasteiger partial charge in [-0.1, -0.05) is 12.1 Å². The summed E-state index contributed by atoms with van der Waals surface area (Å²) >= 11 is 0. The van der Waals surface area contributed by atoms with Crippen LogP contribution in [-0.2, 0) is 0 Å². The lowest BCUT2D eigenvalue weighted by Crippen LogP contribution is -2.52. The number of aromatic nitrogens is 1. The fraction of sp³-hybridized carbons (Fsp3) is 0.375. The van der Waals surface area contributed by atoms with Crippen LogP contribution in [0, 0.1) is 0 Å². The van der Waals surface area contributed by atoms with Crippen LogP contribution >= 0.6 is 0 Å². The minimum Gasteiger partial charge on any atom is -0.496 e. The molecule has 1 atom stereocenters. The van der Waals surface area contributed by atoms with E-state index in [4.69, 9.17) is 4.74 Å². The number of rotatable bonds is 2. The summed E-state index contributed by atoms with van der Waals surface area (Å²) in [6.45, 7) is 3.05. The van der Waals surface area contributed by atoms with Gasteiger partial charge in [-0.3, -0.25) is 0 Å². The summed E-state index contributed by atoms with van der Waals surface area (Å²) < 4.78 is 5.44. The zero-order chi connectivity index (χ0) is 15.1. The van der Waals surface area contributed by atoms with E-state index in [0.29, 0.717) is 6.54 Å². The maximum atomic E-state index is 11.7. The van der Waals surface area contributed by atoms with Crippen LogP contribution in [0.1, 0.15) is 0 Å². The number of anilines is 1. The highest BCUT2D eigenvalue weighted by Crippen LogP contribution is 2.32. The third-order valence-corrected chi connectivity index (χ3v) is 4.50. The number of urea groups is 1. The van der Waals surface area contributed by atoms with E-state index in [1.165, 1.54) is 0 Å². The summed E-state index contributed by atoms with van der Waals surface area (Å²) in [5, 5.41) is 5.07. The Labute approximate surface area is 128 Å². The van der Waals surface area contributed by atoms with Crippen molar-refractivity contribution in [1.82, 2.24) is 15.2 Å². The van der Waals surface area contributed by atoms with Crippen LogP contribution in [-0.4, -0.2) is 55.2 Å². The van der Waals surface area contributed by atoms with Crippen LogP contribution in [0.5, 0.6) is 5.75 Å². The van der Waals surface area contributed by atoms with Crippen molar-refractivity contribution in [1.29, 1.82) is 0 Å².